The lowest BCUT2D eigenvalue weighted by Crippen LogP contribution is -2.27. The summed E-state index contributed by atoms with van der Waals surface area (Å²) in [6.45, 7) is -0.403. The molecule has 0 aliphatic carbocycles. The van der Waals surface area contributed by atoms with Crippen molar-refractivity contribution < 1.29 is 29.3 Å². The predicted molar refractivity (Wildman–Crippen MR) is 80.7 cm³/mol. The number of para-hydroxylation sites is 1. The zero-order valence-electron chi connectivity index (χ0n) is 12.1. The molecular weight excluding hydrogens is 338 g/mol. The molecule has 0 atom stereocenters. The van der Waals surface area contributed by atoms with E-state index in [0.29, 0.717) is 10.8 Å². The van der Waals surface area contributed by atoms with Crippen LogP contribution in [0.4, 0.5) is 5.69 Å². The summed E-state index contributed by atoms with van der Waals surface area (Å²) in [5.74, 6) is -3.50. The summed E-state index contributed by atoms with van der Waals surface area (Å²) < 4.78 is 5.22. The molecule has 0 aromatic heterocycles. The molecule has 1 amide bonds. The number of nitrogens with one attached hydrogen (secondary N) is 1. The molecule has 0 fully saturated rings. The number of ether oxygens (including phenoxy) is 1. The number of hydrogen-bond donors (Lipinski definition) is 1. The normalized spacial score (nSPS) is 10.0. The van der Waals surface area contributed by atoms with Crippen molar-refractivity contribution in [1.29, 1.82) is 0 Å². The molecule has 0 saturated carbocycles. The lowest BCUT2D eigenvalue weighted by molar-refractivity contribution is -0.255. The molecule has 0 saturated heterocycles. The molecule has 0 bridgehead atoms. The third-order valence-electron chi connectivity index (χ3n) is 2.88. The van der Waals surface area contributed by atoms with Gasteiger partial charge in [-0.15, -0.1) is 0 Å². The molecule has 2 aromatic carbocycles. The van der Waals surface area contributed by atoms with E-state index in [1.807, 2.05) is 0 Å². The number of carbonyl (C=O) groups is 3. The molecule has 0 aliphatic rings. The SMILES string of the molecule is O=C(COc1ccccc1Cl)Nc1cc(C(=O)[O-])cc(C(=O)[O-])c1. The highest BCUT2D eigenvalue weighted by Crippen LogP contribution is 2.23. The fourth-order valence-corrected chi connectivity index (χ4v) is 2.03. The van der Waals surface area contributed by atoms with E-state index in [0.717, 1.165) is 18.2 Å². The molecule has 2 aromatic rings. The molecule has 7 nitrogen and oxygen atoms in total. The van der Waals surface area contributed by atoms with E-state index in [4.69, 9.17) is 16.3 Å². The Labute approximate surface area is 141 Å². The number of carbonyl (C=O) groups excluding carboxylic acids is 3. The first-order valence-corrected chi connectivity index (χ1v) is 6.99. The van der Waals surface area contributed by atoms with Gasteiger partial charge in [0.2, 0.25) is 0 Å². The number of halogens is 1. The zero-order chi connectivity index (χ0) is 17.7. The van der Waals surface area contributed by atoms with Crippen LogP contribution in [-0.4, -0.2) is 24.5 Å². The average Bonchev–Trinajstić information content (AvgIpc) is 2.53. The lowest BCUT2D eigenvalue weighted by Gasteiger charge is -2.13. The zero-order valence-corrected chi connectivity index (χ0v) is 12.8. The fraction of sp³-hybridized carbons (Fsp3) is 0.0625. The minimum Gasteiger partial charge on any atom is -0.545 e. The Balaban J connectivity index is 2.09. The molecule has 0 aliphatic heterocycles. The van der Waals surface area contributed by atoms with E-state index >= 15 is 0 Å². The van der Waals surface area contributed by atoms with Crippen LogP contribution < -0.4 is 20.3 Å². The lowest BCUT2D eigenvalue weighted by atomic mass is 10.1. The van der Waals surface area contributed by atoms with Crippen molar-refractivity contribution in [3.05, 3.63) is 58.6 Å². The quantitative estimate of drug-likeness (QED) is 0.790. The molecular formula is C16H10ClNO6-2. The standard InChI is InChI=1S/C16H12ClNO6/c17-12-3-1-2-4-13(12)24-8-14(19)18-11-6-9(15(20)21)5-10(7-11)16(22)23/h1-7H,8H2,(H,18,19)(H,20,21)(H,22,23)/p-2. The number of aromatic carboxylic acids is 2. The third-order valence-corrected chi connectivity index (χ3v) is 3.20. The Morgan fingerprint density at radius 3 is 2.12 bits per heavy atom. The number of carboxylic acids is 2. The van der Waals surface area contributed by atoms with E-state index in [1.165, 1.54) is 0 Å². The number of hydrogen-bond acceptors (Lipinski definition) is 6. The summed E-state index contributed by atoms with van der Waals surface area (Å²) in [5, 5.41) is 24.4. The van der Waals surface area contributed by atoms with Crippen LogP contribution in [0.25, 0.3) is 0 Å². The molecule has 0 radical (unpaired) electrons. The Kier molecular flexibility index (Phi) is 5.39. The van der Waals surface area contributed by atoms with Gasteiger partial charge in [-0.25, -0.2) is 0 Å². The number of anilines is 1. The highest BCUT2D eigenvalue weighted by atomic mass is 35.5. The van der Waals surface area contributed by atoms with Gasteiger partial charge in [0.25, 0.3) is 5.91 Å². The maximum atomic E-state index is 11.9. The van der Waals surface area contributed by atoms with Crippen molar-refractivity contribution in [3.8, 4) is 5.75 Å². The van der Waals surface area contributed by atoms with Gasteiger partial charge in [0, 0.05) is 5.69 Å². The Morgan fingerprint density at radius 2 is 1.58 bits per heavy atom. The molecule has 0 unspecified atom stereocenters. The number of amides is 1. The van der Waals surface area contributed by atoms with Crippen LogP contribution in [0.15, 0.2) is 42.5 Å². The maximum absolute atomic E-state index is 11.9. The van der Waals surface area contributed by atoms with Crippen LogP contribution in [0.1, 0.15) is 20.7 Å². The number of carboxylic acid groups (broad SMARTS) is 2. The van der Waals surface area contributed by atoms with Crippen LogP contribution >= 0.6 is 11.6 Å². The second-order valence-electron chi connectivity index (χ2n) is 4.64. The molecule has 8 heteroatoms. The molecule has 124 valence electrons. The second kappa shape index (κ2) is 7.47. The first-order valence-electron chi connectivity index (χ1n) is 6.62. The van der Waals surface area contributed by atoms with Gasteiger partial charge in [-0.05, 0) is 41.5 Å². The van der Waals surface area contributed by atoms with Crippen molar-refractivity contribution in [2.75, 3.05) is 11.9 Å². The Hall–Kier alpha value is -3.06. The van der Waals surface area contributed by atoms with Gasteiger partial charge in [-0.2, -0.15) is 0 Å². The van der Waals surface area contributed by atoms with Crippen molar-refractivity contribution in [2.24, 2.45) is 0 Å². The Bertz CT molecular complexity index is 773. The average molecular weight is 348 g/mol. The summed E-state index contributed by atoms with van der Waals surface area (Å²) in [6.07, 6.45) is 0. The predicted octanol–water partition coefficient (Wildman–Crippen LogP) is 0.0845. The minimum absolute atomic E-state index is 0.0383. The summed E-state index contributed by atoms with van der Waals surface area (Å²) >= 11 is 5.88. The monoisotopic (exact) mass is 347 g/mol. The van der Waals surface area contributed by atoms with Crippen molar-refractivity contribution in [1.82, 2.24) is 0 Å². The van der Waals surface area contributed by atoms with Gasteiger partial charge >= 0.3 is 0 Å². The van der Waals surface area contributed by atoms with Crippen LogP contribution in [0.2, 0.25) is 5.02 Å². The van der Waals surface area contributed by atoms with Crippen molar-refractivity contribution >= 4 is 35.1 Å². The van der Waals surface area contributed by atoms with Crippen LogP contribution in [0.5, 0.6) is 5.75 Å². The van der Waals surface area contributed by atoms with E-state index in [2.05, 4.69) is 5.32 Å². The van der Waals surface area contributed by atoms with Gasteiger partial charge < -0.3 is 29.9 Å². The molecule has 24 heavy (non-hydrogen) atoms. The molecule has 1 N–H and O–H groups in total. The fourth-order valence-electron chi connectivity index (χ4n) is 1.84. The van der Waals surface area contributed by atoms with Gasteiger partial charge in [0.05, 0.1) is 17.0 Å². The minimum atomic E-state index is -1.58. The van der Waals surface area contributed by atoms with Gasteiger partial charge in [-0.3, -0.25) is 4.79 Å². The first-order chi connectivity index (χ1) is 11.4. The van der Waals surface area contributed by atoms with Gasteiger partial charge in [0.15, 0.2) is 6.61 Å². The highest BCUT2D eigenvalue weighted by Gasteiger charge is 2.09. The molecule has 2 rings (SSSR count). The molecule has 0 heterocycles. The van der Waals surface area contributed by atoms with Crippen LogP contribution in [-0.2, 0) is 4.79 Å². The topological polar surface area (TPSA) is 119 Å². The van der Waals surface area contributed by atoms with Gasteiger partial charge in [-0.1, -0.05) is 23.7 Å². The molecule has 0 spiro atoms. The number of benzene rings is 2. The second-order valence-corrected chi connectivity index (χ2v) is 5.05. The van der Waals surface area contributed by atoms with Crippen molar-refractivity contribution in [2.45, 2.75) is 0 Å². The summed E-state index contributed by atoms with van der Waals surface area (Å²) in [5.41, 5.74) is -0.846. The van der Waals surface area contributed by atoms with Crippen LogP contribution in [0.3, 0.4) is 0 Å². The summed E-state index contributed by atoms with van der Waals surface area (Å²) in [4.78, 5) is 33.6. The maximum Gasteiger partial charge on any atom is 0.262 e. The first kappa shape index (κ1) is 17.3. The van der Waals surface area contributed by atoms with E-state index in [-0.39, 0.29) is 5.69 Å². The van der Waals surface area contributed by atoms with Gasteiger partial charge in [0.1, 0.15) is 5.75 Å². The summed E-state index contributed by atoms with van der Waals surface area (Å²) in [7, 11) is 0. The largest absolute Gasteiger partial charge is 0.545 e. The number of rotatable bonds is 6. The van der Waals surface area contributed by atoms with E-state index in [1.54, 1.807) is 24.3 Å². The van der Waals surface area contributed by atoms with Crippen LogP contribution in [0, 0.1) is 0 Å². The van der Waals surface area contributed by atoms with E-state index < -0.39 is 35.6 Å². The highest BCUT2D eigenvalue weighted by molar-refractivity contribution is 6.32. The third kappa shape index (κ3) is 4.47. The summed E-state index contributed by atoms with van der Waals surface area (Å²) in [6, 6.07) is 9.53. The smallest absolute Gasteiger partial charge is 0.262 e. The van der Waals surface area contributed by atoms with E-state index in [9.17, 15) is 24.6 Å². The van der Waals surface area contributed by atoms with Crippen molar-refractivity contribution in [3.63, 3.8) is 0 Å². The Morgan fingerprint density at radius 1 is 1.00 bits per heavy atom.